The molecule has 0 aromatic heterocycles. The Morgan fingerprint density at radius 3 is 2.83 bits per heavy atom. The molecule has 0 heterocycles. The van der Waals surface area contributed by atoms with Crippen molar-refractivity contribution in [1.29, 1.82) is 0 Å². The van der Waals surface area contributed by atoms with Gasteiger partial charge in [0, 0.05) is 16.8 Å². The zero-order chi connectivity index (χ0) is 8.72. The molecule has 0 aromatic rings. The highest BCUT2D eigenvalue weighted by Crippen LogP contribution is 2.43. The highest BCUT2D eigenvalue weighted by atomic mass is 16.6. The quantitative estimate of drug-likeness (QED) is 0.360. The van der Waals surface area contributed by atoms with Gasteiger partial charge in [-0.3, -0.25) is 10.1 Å². The van der Waals surface area contributed by atoms with E-state index in [2.05, 4.69) is 5.16 Å². The van der Waals surface area contributed by atoms with Crippen molar-refractivity contribution < 1.29 is 10.1 Å². The van der Waals surface area contributed by atoms with E-state index in [1.807, 2.05) is 0 Å². The summed E-state index contributed by atoms with van der Waals surface area (Å²) in [6, 6.07) is -0.700. The van der Waals surface area contributed by atoms with Gasteiger partial charge in [-0.2, -0.15) is 0 Å². The zero-order valence-corrected chi connectivity index (χ0v) is 6.51. The van der Waals surface area contributed by atoms with Crippen LogP contribution in [0.2, 0.25) is 0 Å². The molecule has 2 aliphatic rings. The molecule has 66 valence electrons. The Bertz CT molecular complexity index is 251. The van der Waals surface area contributed by atoms with Crippen LogP contribution >= 0.6 is 0 Å². The Morgan fingerprint density at radius 1 is 1.58 bits per heavy atom. The van der Waals surface area contributed by atoms with Crippen LogP contribution in [-0.2, 0) is 0 Å². The molecule has 12 heavy (non-hydrogen) atoms. The maximum atomic E-state index is 10.6. The third-order valence-electron chi connectivity index (χ3n) is 2.98. The van der Waals surface area contributed by atoms with Crippen molar-refractivity contribution in [1.82, 2.24) is 0 Å². The molecule has 2 saturated carbocycles. The fraction of sp³-hybridized carbons (Fsp3) is 0.857. The lowest BCUT2D eigenvalue weighted by Crippen LogP contribution is -2.35. The van der Waals surface area contributed by atoms with Crippen LogP contribution < -0.4 is 0 Å². The minimum atomic E-state index is -0.700. The normalized spacial score (nSPS) is 42.3. The first kappa shape index (κ1) is 7.52. The second-order valence-corrected chi connectivity index (χ2v) is 3.53. The molecule has 2 fully saturated rings. The summed E-state index contributed by atoms with van der Waals surface area (Å²) in [5.74, 6) is 0.297. The van der Waals surface area contributed by atoms with Gasteiger partial charge in [-0.05, 0) is 19.3 Å². The molecule has 0 amide bonds. The van der Waals surface area contributed by atoms with E-state index in [0.717, 1.165) is 19.3 Å². The monoisotopic (exact) mass is 170 g/mol. The smallest absolute Gasteiger partial charge is 0.257 e. The average molecular weight is 170 g/mol. The largest absolute Gasteiger partial charge is 0.411 e. The summed E-state index contributed by atoms with van der Waals surface area (Å²) in [6.07, 6.45) is 2.70. The van der Waals surface area contributed by atoms with Crippen LogP contribution in [0.5, 0.6) is 0 Å². The number of nitro groups is 1. The topological polar surface area (TPSA) is 75.7 Å². The Kier molecular flexibility index (Phi) is 1.52. The predicted octanol–water partition coefficient (Wildman–Crippen LogP) is 0.892. The number of fused-ring (bicyclic) bond motifs is 2. The summed E-state index contributed by atoms with van der Waals surface area (Å²) in [7, 11) is 0. The molecule has 0 radical (unpaired) electrons. The Hall–Kier alpha value is -1.13. The van der Waals surface area contributed by atoms with E-state index in [1.165, 1.54) is 0 Å². The molecule has 0 spiro atoms. The highest BCUT2D eigenvalue weighted by Gasteiger charge is 2.52. The summed E-state index contributed by atoms with van der Waals surface area (Å²) in [6.45, 7) is 0. The van der Waals surface area contributed by atoms with Gasteiger partial charge in [0.2, 0.25) is 0 Å². The number of nitrogens with zero attached hydrogens (tertiary/aromatic N) is 2. The molecule has 5 nitrogen and oxygen atoms in total. The molecule has 0 aromatic carbocycles. The number of oxime groups is 1. The van der Waals surface area contributed by atoms with Crippen molar-refractivity contribution >= 4 is 5.71 Å². The molecule has 2 rings (SSSR count). The van der Waals surface area contributed by atoms with Crippen LogP contribution in [0.25, 0.3) is 0 Å². The van der Waals surface area contributed by atoms with Crippen LogP contribution in [0.4, 0.5) is 0 Å². The van der Waals surface area contributed by atoms with E-state index >= 15 is 0 Å². The first-order valence-electron chi connectivity index (χ1n) is 4.09. The summed E-state index contributed by atoms with van der Waals surface area (Å²) in [4.78, 5) is 10.3. The number of hydrogen-bond acceptors (Lipinski definition) is 4. The van der Waals surface area contributed by atoms with Crippen LogP contribution in [0.1, 0.15) is 19.3 Å². The van der Waals surface area contributed by atoms with Gasteiger partial charge in [-0.15, -0.1) is 0 Å². The fourth-order valence-corrected chi connectivity index (χ4v) is 2.48. The molecule has 0 saturated heterocycles. The molecular weight excluding hydrogens is 160 g/mol. The van der Waals surface area contributed by atoms with Gasteiger partial charge in [0.25, 0.3) is 6.04 Å². The van der Waals surface area contributed by atoms with E-state index < -0.39 is 6.04 Å². The Morgan fingerprint density at radius 2 is 2.33 bits per heavy atom. The van der Waals surface area contributed by atoms with Crippen molar-refractivity contribution in [2.75, 3.05) is 0 Å². The van der Waals surface area contributed by atoms with E-state index in [0.29, 0.717) is 5.71 Å². The van der Waals surface area contributed by atoms with Crippen LogP contribution in [-0.4, -0.2) is 21.9 Å². The van der Waals surface area contributed by atoms with E-state index in [9.17, 15) is 10.1 Å². The second kappa shape index (κ2) is 2.43. The third-order valence-corrected chi connectivity index (χ3v) is 2.98. The van der Waals surface area contributed by atoms with Crippen molar-refractivity contribution in [3.63, 3.8) is 0 Å². The van der Waals surface area contributed by atoms with Gasteiger partial charge < -0.3 is 5.21 Å². The fourth-order valence-electron chi connectivity index (χ4n) is 2.48. The number of hydrogen-bond donors (Lipinski definition) is 1. The lowest BCUT2D eigenvalue weighted by molar-refractivity contribution is -0.510. The van der Waals surface area contributed by atoms with Crippen LogP contribution in [0, 0.1) is 22.0 Å². The van der Waals surface area contributed by atoms with Crippen molar-refractivity contribution in [3.05, 3.63) is 10.1 Å². The summed E-state index contributed by atoms with van der Waals surface area (Å²) < 4.78 is 0. The molecular formula is C7H10N2O3. The summed E-state index contributed by atoms with van der Waals surface area (Å²) in [5, 5.41) is 22.2. The SMILES string of the molecule is O=[N+]([O-])[C@@H]1/C(=N/O)[C@@H]2CC[C@@H]1C2. The molecule has 2 bridgehead atoms. The van der Waals surface area contributed by atoms with E-state index in [4.69, 9.17) is 5.21 Å². The molecule has 3 atom stereocenters. The van der Waals surface area contributed by atoms with Gasteiger partial charge in [0.05, 0.1) is 0 Å². The molecule has 5 heteroatoms. The second-order valence-electron chi connectivity index (χ2n) is 3.53. The molecule has 1 N–H and O–H groups in total. The van der Waals surface area contributed by atoms with Gasteiger partial charge in [-0.1, -0.05) is 5.16 Å². The first-order valence-corrected chi connectivity index (χ1v) is 4.09. The van der Waals surface area contributed by atoms with Crippen molar-refractivity contribution in [2.45, 2.75) is 25.3 Å². The molecule has 0 unspecified atom stereocenters. The van der Waals surface area contributed by atoms with E-state index in [1.54, 1.807) is 0 Å². The first-order chi connectivity index (χ1) is 5.74. The summed E-state index contributed by atoms with van der Waals surface area (Å²) >= 11 is 0. The maximum absolute atomic E-state index is 10.6. The Labute approximate surface area is 69.2 Å². The van der Waals surface area contributed by atoms with Gasteiger partial charge in [-0.25, -0.2) is 0 Å². The van der Waals surface area contributed by atoms with Crippen molar-refractivity contribution in [2.24, 2.45) is 17.0 Å². The third kappa shape index (κ3) is 0.821. The number of rotatable bonds is 1. The summed E-state index contributed by atoms with van der Waals surface area (Å²) in [5.41, 5.74) is 0.399. The maximum Gasteiger partial charge on any atom is 0.257 e. The predicted molar refractivity (Wildman–Crippen MR) is 40.8 cm³/mol. The minimum Gasteiger partial charge on any atom is -0.411 e. The Balaban J connectivity index is 2.28. The molecule has 0 aliphatic heterocycles. The lowest BCUT2D eigenvalue weighted by Gasteiger charge is -2.14. The van der Waals surface area contributed by atoms with Gasteiger partial charge in [0.15, 0.2) is 0 Å². The highest BCUT2D eigenvalue weighted by molar-refractivity contribution is 5.93. The van der Waals surface area contributed by atoms with Crippen molar-refractivity contribution in [3.8, 4) is 0 Å². The minimum absolute atomic E-state index is 0.121. The average Bonchev–Trinajstić information content (AvgIpc) is 2.60. The lowest BCUT2D eigenvalue weighted by atomic mass is 9.94. The molecule has 2 aliphatic carbocycles. The van der Waals surface area contributed by atoms with E-state index in [-0.39, 0.29) is 16.8 Å². The zero-order valence-electron chi connectivity index (χ0n) is 6.51. The standard InChI is InChI=1S/C7H10N2O3/c10-8-6-4-1-2-5(3-4)7(6)9(11)12/h4-5,7,10H,1-3H2/b8-6+/t4-,5-,7+/m1/s1. The van der Waals surface area contributed by atoms with Gasteiger partial charge >= 0.3 is 0 Å². The van der Waals surface area contributed by atoms with Gasteiger partial charge in [0.1, 0.15) is 5.71 Å². The van der Waals surface area contributed by atoms with Crippen LogP contribution in [0.15, 0.2) is 5.16 Å². The van der Waals surface area contributed by atoms with Crippen LogP contribution in [0.3, 0.4) is 0 Å².